The molecule has 2 N–H and O–H groups in total. The number of pyridine rings is 1. The largest absolute Gasteiger partial charge is 0.497 e. The number of carbonyl (C=O) groups excluding carboxylic acids is 1. The van der Waals surface area contributed by atoms with Gasteiger partial charge in [-0.3, -0.25) is 4.79 Å². The first-order valence-electron chi connectivity index (χ1n) is 10.3. The number of aromatic nitrogens is 1. The molecule has 6 heteroatoms. The number of methoxy groups -OCH3 is 1. The predicted octanol–water partition coefficient (Wildman–Crippen LogP) is 6.59. The SMILES string of the molecule is COc1ccc(-c2cc(-c3ccccc3)nc3sc(C(=O)c4ccc(F)cc4)c(N)c23)cc1. The lowest BCUT2D eigenvalue weighted by Gasteiger charge is -2.10. The van der Waals surface area contributed by atoms with Crippen LogP contribution in [0.15, 0.2) is 84.9 Å². The molecule has 3 aromatic carbocycles. The minimum Gasteiger partial charge on any atom is -0.497 e. The number of fused-ring (bicyclic) bond motifs is 1. The van der Waals surface area contributed by atoms with Crippen LogP contribution in [-0.4, -0.2) is 17.9 Å². The normalized spacial score (nSPS) is 11.0. The second-order valence-corrected chi connectivity index (χ2v) is 8.51. The van der Waals surface area contributed by atoms with Crippen LogP contribution in [-0.2, 0) is 0 Å². The summed E-state index contributed by atoms with van der Waals surface area (Å²) in [5.74, 6) is 0.0991. The van der Waals surface area contributed by atoms with Crippen LogP contribution in [0.4, 0.5) is 10.1 Å². The summed E-state index contributed by atoms with van der Waals surface area (Å²) >= 11 is 1.25. The Hall–Kier alpha value is -4.03. The van der Waals surface area contributed by atoms with E-state index in [1.807, 2.05) is 60.7 Å². The van der Waals surface area contributed by atoms with Crippen molar-refractivity contribution in [3.63, 3.8) is 0 Å². The van der Waals surface area contributed by atoms with Crippen molar-refractivity contribution in [2.24, 2.45) is 0 Å². The standard InChI is InChI=1S/C27H19FN2O2S/c1-32-20-13-9-16(10-14-20)21-15-22(17-5-3-2-4-6-17)30-27-23(21)24(29)26(33-27)25(31)18-7-11-19(28)12-8-18/h2-15H,29H2,1H3. The molecule has 33 heavy (non-hydrogen) atoms. The second kappa shape index (κ2) is 8.48. The first-order valence-corrected chi connectivity index (χ1v) is 11.1. The summed E-state index contributed by atoms with van der Waals surface area (Å²) < 4.78 is 18.6. The van der Waals surface area contributed by atoms with Gasteiger partial charge in [-0.2, -0.15) is 0 Å². The maximum atomic E-state index is 13.3. The molecule has 0 atom stereocenters. The third-order valence-corrected chi connectivity index (χ3v) is 6.58. The van der Waals surface area contributed by atoms with Crippen LogP contribution in [0, 0.1) is 5.82 Å². The van der Waals surface area contributed by atoms with Gasteiger partial charge in [-0.25, -0.2) is 9.37 Å². The van der Waals surface area contributed by atoms with Gasteiger partial charge >= 0.3 is 0 Å². The number of nitrogens with zero attached hydrogens (tertiary/aromatic N) is 1. The fourth-order valence-corrected chi connectivity index (χ4v) is 4.86. The molecule has 0 aliphatic rings. The Balaban J connectivity index is 1.73. The number of benzene rings is 3. The molecule has 2 aromatic heterocycles. The smallest absolute Gasteiger partial charge is 0.205 e. The monoisotopic (exact) mass is 454 g/mol. The van der Waals surface area contributed by atoms with Crippen molar-refractivity contribution in [2.45, 2.75) is 0 Å². The first-order chi connectivity index (χ1) is 16.0. The van der Waals surface area contributed by atoms with Crippen LogP contribution in [0.5, 0.6) is 5.75 Å². The lowest BCUT2D eigenvalue weighted by Crippen LogP contribution is -2.02. The fraction of sp³-hybridized carbons (Fsp3) is 0.0370. The minimum atomic E-state index is -0.396. The molecule has 0 radical (unpaired) electrons. The van der Waals surface area contributed by atoms with Crippen molar-refractivity contribution in [3.05, 3.63) is 101 Å². The van der Waals surface area contributed by atoms with E-state index in [1.54, 1.807) is 7.11 Å². The van der Waals surface area contributed by atoms with E-state index in [4.69, 9.17) is 15.5 Å². The summed E-state index contributed by atoms with van der Waals surface area (Å²) in [4.78, 5) is 19.1. The topological polar surface area (TPSA) is 65.2 Å². The molecule has 0 amide bonds. The van der Waals surface area contributed by atoms with E-state index in [0.717, 1.165) is 33.5 Å². The van der Waals surface area contributed by atoms with Gasteiger partial charge in [-0.15, -0.1) is 11.3 Å². The quantitative estimate of drug-likeness (QED) is 0.304. The number of ether oxygens (including phenoxy) is 1. The molecule has 0 unspecified atom stereocenters. The number of hydrogen-bond donors (Lipinski definition) is 1. The Morgan fingerprint density at radius 2 is 1.64 bits per heavy atom. The lowest BCUT2D eigenvalue weighted by molar-refractivity contribution is 0.104. The van der Waals surface area contributed by atoms with E-state index < -0.39 is 5.82 Å². The predicted molar refractivity (Wildman–Crippen MR) is 131 cm³/mol. The maximum absolute atomic E-state index is 13.3. The van der Waals surface area contributed by atoms with Crippen molar-refractivity contribution < 1.29 is 13.9 Å². The fourth-order valence-electron chi connectivity index (χ4n) is 3.78. The number of rotatable bonds is 5. The Morgan fingerprint density at radius 1 is 0.939 bits per heavy atom. The number of carbonyl (C=O) groups is 1. The first kappa shape index (κ1) is 20.8. The highest BCUT2D eigenvalue weighted by molar-refractivity contribution is 7.21. The van der Waals surface area contributed by atoms with Gasteiger partial charge in [0, 0.05) is 16.5 Å². The van der Waals surface area contributed by atoms with E-state index >= 15 is 0 Å². The highest BCUT2D eigenvalue weighted by Crippen LogP contribution is 2.42. The molecule has 0 spiro atoms. The molecule has 0 fully saturated rings. The highest BCUT2D eigenvalue weighted by atomic mass is 32.1. The number of hydrogen-bond acceptors (Lipinski definition) is 5. The number of nitrogen functional groups attached to an aromatic ring is 1. The van der Waals surface area contributed by atoms with E-state index in [2.05, 4.69) is 0 Å². The summed E-state index contributed by atoms with van der Waals surface area (Å²) in [5.41, 5.74) is 10.9. The third-order valence-electron chi connectivity index (χ3n) is 5.48. The summed E-state index contributed by atoms with van der Waals surface area (Å²) in [6.45, 7) is 0. The van der Waals surface area contributed by atoms with Crippen LogP contribution >= 0.6 is 11.3 Å². The maximum Gasteiger partial charge on any atom is 0.205 e. The van der Waals surface area contributed by atoms with Gasteiger partial charge in [-0.05, 0) is 53.6 Å². The highest BCUT2D eigenvalue weighted by Gasteiger charge is 2.22. The molecule has 5 rings (SSSR count). The Kier molecular flexibility index (Phi) is 5.36. The summed E-state index contributed by atoms with van der Waals surface area (Å²) in [6.07, 6.45) is 0. The Labute approximate surface area is 194 Å². The zero-order valence-electron chi connectivity index (χ0n) is 17.7. The molecule has 0 aliphatic heterocycles. The van der Waals surface area contributed by atoms with Gasteiger partial charge < -0.3 is 10.5 Å². The van der Waals surface area contributed by atoms with Gasteiger partial charge in [0.05, 0.1) is 18.5 Å². The van der Waals surface area contributed by atoms with Crippen molar-refractivity contribution >= 4 is 33.0 Å². The number of anilines is 1. The van der Waals surface area contributed by atoms with Gasteiger partial charge in [0.2, 0.25) is 5.78 Å². The van der Waals surface area contributed by atoms with Crippen LogP contribution in [0.2, 0.25) is 0 Å². The zero-order chi connectivity index (χ0) is 22.9. The van der Waals surface area contributed by atoms with Crippen LogP contribution in [0.1, 0.15) is 15.2 Å². The third kappa shape index (κ3) is 3.85. The number of halogens is 1. The van der Waals surface area contributed by atoms with Crippen molar-refractivity contribution in [1.82, 2.24) is 4.98 Å². The summed E-state index contributed by atoms with van der Waals surface area (Å²) in [7, 11) is 1.62. The molecule has 2 heterocycles. The summed E-state index contributed by atoms with van der Waals surface area (Å²) in [5, 5.41) is 0.732. The zero-order valence-corrected chi connectivity index (χ0v) is 18.5. The van der Waals surface area contributed by atoms with Crippen molar-refractivity contribution in [2.75, 3.05) is 12.8 Å². The summed E-state index contributed by atoms with van der Waals surface area (Å²) in [6, 6.07) is 25.0. The Morgan fingerprint density at radius 3 is 2.30 bits per heavy atom. The van der Waals surface area contributed by atoms with Gasteiger partial charge in [-0.1, -0.05) is 42.5 Å². The van der Waals surface area contributed by atoms with E-state index in [1.165, 1.54) is 35.6 Å². The molecule has 0 saturated heterocycles. The average molecular weight is 455 g/mol. The molecule has 5 aromatic rings. The van der Waals surface area contributed by atoms with Crippen LogP contribution in [0.3, 0.4) is 0 Å². The van der Waals surface area contributed by atoms with Gasteiger partial charge in [0.25, 0.3) is 0 Å². The van der Waals surface area contributed by atoms with E-state index in [0.29, 0.717) is 21.0 Å². The second-order valence-electron chi connectivity index (χ2n) is 7.51. The molecule has 0 saturated carbocycles. The van der Waals surface area contributed by atoms with Crippen LogP contribution < -0.4 is 10.5 Å². The molecule has 4 nitrogen and oxygen atoms in total. The van der Waals surface area contributed by atoms with Crippen LogP contribution in [0.25, 0.3) is 32.6 Å². The molecule has 0 bridgehead atoms. The number of thiophene rings is 1. The Bertz CT molecular complexity index is 1460. The van der Waals surface area contributed by atoms with E-state index in [9.17, 15) is 9.18 Å². The minimum absolute atomic E-state index is 0.252. The molecule has 162 valence electrons. The molecular formula is C27H19FN2O2S. The van der Waals surface area contributed by atoms with Crippen molar-refractivity contribution in [1.29, 1.82) is 0 Å². The van der Waals surface area contributed by atoms with Crippen molar-refractivity contribution in [3.8, 4) is 28.1 Å². The molecular weight excluding hydrogens is 435 g/mol. The number of ketones is 1. The van der Waals surface area contributed by atoms with E-state index in [-0.39, 0.29) is 5.78 Å². The van der Waals surface area contributed by atoms with Gasteiger partial charge in [0.15, 0.2) is 0 Å². The number of nitrogens with two attached hydrogens (primary N) is 1. The lowest BCUT2D eigenvalue weighted by atomic mass is 9.98. The average Bonchev–Trinajstić information content (AvgIpc) is 3.20. The molecule has 0 aliphatic carbocycles. The van der Waals surface area contributed by atoms with Gasteiger partial charge in [0.1, 0.15) is 21.3 Å².